The maximum Gasteiger partial charge on any atom is 0.264 e. The molecule has 1 amide bonds. The van der Waals surface area contributed by atoms with Gasteiger partial charge in [-0.05, 0) is 29.8 Å². The predicted molar refractivity (Wildman–Crippen MR) is 114 cm³/mol. The minimum atomic E-state index is -0.332. The van der Waals surface area contributed by atoms with Crippen LogP contribution in [-0.2, 0) is 13.1 Å². The minimum Gasteiger partial charge on any atom is -0.350 e. The molecule has 0 aliphatic carbocycles. The number of hydrogen-bond acceptors (Lipinski definition) is 5. The van der Waals surface area contributed by atoms with Crippen molar-refractivity contribution in [2.75, 3.05) is 6.54 Å². The SMILES string of the molecule is O=C(NCCn1ncc2c(=O)n(Cc3cccc(Cl)c3)cnc21)c1cccnc1Cl. The standard InChI is InChI=1S/C20H16Cl2N6O2/c21-14-4-1-3-13(9-14)11-27-12-25-18-16(20(27)30)10-26-28(18)8-7-24-19(29)15-5-2-6-23-17(15)22/h1-6,9-10,12H,7-8,11H2,(H,24,29). The fourth-order valence-electron chi connectivity index (χ4n) is 3.03. The Bertz CT molecular complexity index is 1280. The Kier molecular flexibility index (Phi) is 5.78. The number of fused-ring (bicyclic) bond motifs is 1. The van der Waals surface area contributed by atoms with E-state index in [1.165, 1.54) is 23.3 Å². The summed E-state index contributed by atoms with van der Waals surface area (Å²) in [7, 11) is 0. The van der Waals surface area contributed by atoms with Crippen LogP contribution in [0.15, 0.2) is 59.9 Å². The van der Waals surface area contributed by atoms with Crippen molar-refractivity contribution >= 4 is 40.1 Å². The molecule has 0 fully saturated rings. The zero-order valence-corrected chi connectivity index (χ0v) is 17.1. The van der Waals surface area contributed by atoms with Crippen molar-refractivity contribution in [3.05, 3.63) is 86.8 Å². The third-order valence-corrected chi connectivity index (χ3v) is 5.01. The first-order valence-corrected chi connectivity index (χ1v) is 9.82. The van der Waals surface area contributed by atoms with Crippen LogP contribution in [0.1, 0.15) is 15.9 Å². The van der Waals surface area contributed by atoms with Crippen LogP contribution in [0.25, 0.3) is 11.0 Å². The average Bonchev–Trinajstić information content (AvgIpc) is 3.14. The highest BCUT2D eigenvalue weighted by Gasteiger charge is 2.13. The zero-order chi connectivity index (χ0) is 21.1. The molecule has 0 aliphatic rings. The van der Waals surface area contributed by atoms with Gasteiger partial charge >= 0.3 is 0 Å². The van der Waals surface area contributed by atoms with Gasteiger partial charge in [0.1, 0.15) is 16.9 Å². The number of nitrogens with zero attached hydrogens (tertiary/aromatic N) is 5. The van der Waals surface area contributed by atoms with Crippen LogP contribution in [0.2, 0.25) is 10.2 Å². The highest BCUT2D eigenvalue weighted by molar-refractivity contribution is 6.32. The molecule has 3 heterocycles. The van der Waals surface area contributed by atoms with Crippen LogP contribution in [0.3, 0.4) is 0 Å². The highest BCUT2D eigenvalue weighted by atomic mass is 35.5. The number of carbonyl (C=O) groups excluding carboxylic acids is 1. The van der Waals surface area contributed by atoms with Gasteiger partial charge in [0.2, 0.25) is 0 Å². The van der Waals surface area contributed by atoms with Crippen LogP contribution in [-0.4, -0.2) is 36.8 Å². The summed E-state index contributed by atoms with van der Waals surface area (Å²) in [4.78, 5) is 33.3. The molecule has 1 N–H and O–H groups in total. The summed E-state index contributed by atoms with van der Waals surface area (Å²) in [5.41, 5.74) is 1.45. The lowest BCUT2D eigenvalue weighted by molar-refractivity contribution is 0.0952. The fourth-order valence-corrected chi connectivity index (χ4v) is 3.45. The van der Waals surface area contributed by atoms with E-state index in [0.717, 1.165) is 5.56 Å². The summed E-state index contributed by atoms with van der Waals surface area (Å²) in [5.74, 6) is -0.332. The smallest absolute Gasteiger partial charge is 0.264 e. The molecule has 10 heteroatoms. The van der Waals surface area contributed by atoms with Crippen molar-refractivity contribution in [1.82, 2.24) is 29.6 Å². The summed E-state index contributed by atoms with van der Waals surface area (Å²) < 4.78 is 3.08. The monoisotopic (exact) mass is 442 g/mol. The lowest BCUT2D eigenvalue weighted by Crippen LogP contribution is -2.28. The summed E-state index contributed by atoms with van der Waals surface area (Å²) >= 11 is 11.9. The number of halogens is 2. The van der Waals surface area contributed by atoms with Gasteiger partial charge < -0.3 is 5.32 Å². The molecule has 0 saturated heterocycles. The molecule has 3 aromatic heterocycles. The van der Waals surface area contributed by atoms with E-state index in [9.17, 15) is 9.59 Å². The number of carbonyl (C=O) groups is 1. The second kappa shape index (κ2) is 8.64. The Morgan fingerprint density at radius 1 is 1.13 bits per heavy atom. The number of nitrogens with one attached hydrogen (secondary N) is 1. The van der Waals surface area contributed by atoms with Crippen molar-refractivity contribution in [3.8, 4) is 0 Å². The van der Waals surface area contributed by atoms with E-state index in [4.69, 9.17) is 23.2 Å². The third-order valence-electron chi connectivity index (χ3n) is 4.48. The first kappa shape index (κ1) is 20.1. The van der Waals surface area contributed by atoms with E-state index in [-0.39, 0.29) is 23.2 Å². The van der Waals surface area contributed by atoms with Gasteiger partial charge in [-0.25, -0.2) is 14.6 Å². The van der Waals surface area contributed by atoms with E-state index in [1.807, 2.05) is 12.1 Å². The maximum atomic E-state index is 12.8. The van der Waals surface area contributed by atoms with Crippen LogP contribution >= 0.6 is 23.2 Å². The lowest BCUT2D eigenvalue weighted by atomic mass is 10.2. The molecule has 1 aromatic carbocycles. The number of hydrogen-bond donors (Lipinski definition) is 1. The second-order valence-electron chi connectivity index (χ2n) is 6.51. The molecule has 0 radical (unpaired) electrons. The third kappa shape index (κ3) is 4.19. The van der Waals surface area contributed by atoms with Gasteiger partial charge in [0.05, 0.1) is 24.8 Å². The molecule has 0 bridgehead atoms. The topological polar surface area (TPSA) is 94.7 Å². The molecule has 152 valence electrons. The van der Waals surface area contributed by atoms with Gasteiger partial charge in [0.25, 0.3) is 11.5 Å². The molecule has 8 nitrogen and oxygen atoms in total. The fraction of sp³-hybridized carbons (Fsp3) is 0.150. The second-order valence-corrected chi connectivity index (χ2v) is 7.30. The Labute approximate surface area is 181 Å². The van der Waals surface area contributed by atoms with Gasteiger partial charge in [0, 0.05) is 17.8 Å². The summed E-state index contributed by atoms with van der Waals surface area (Å²) in [6, 6.07) is 10.5. The molecular formula is C20H16Cl2N6O2. The van der Waals surface area contributed by atoms with Crippen LogP contribution in [0, 0.1) is 0 Å². The number of amides is 1. The van der Waals surface area contributed by atoms with Gasteiger partial charge in [0.15, 0.2) is 5.65 Å². The largest absolute Gasteiger partial charge is 0.350 e. The Morgan fingerprint density at radius 2 is 2.00 bits per heavy atom. The van der Waals surface area contributed by atoms with E-state index >= 15 is 0 Å². The van der Waals surface area contributed by atoms with E-state index in [1.54, 1.807) is 28.9 Å². The van der Waals surface area contributed by atoms with Crippen molar-refractivity contribution < 1.29 is 4.79 Å². The normalized spacial score (nSPS) is 11.0. The predicted octanol–water partition coefficient (Wildman–Crippen LogP) is 2.77. The van der Waals surface area contributed by atoms with E-state index in [2.05, 4.69) is 20.4 Å². The molecule has 30 heavy (non-hydrogen) atoms. The highest BCUT2D eigenvalue weighted by Crippen LogP contribution is 2.13. The molecule has 0 spiro atoms. The van der Waals surface area contributed by atoms with Crippen molar-refractivity contribution in [1.29, 1.82) is 0 Å². The molecule has 4 rings (SSSR count). The Balaban J connectivity index is 1.47. The maximum absolute atomic E-state index is 12.8. The number of rotatable bonds is 6. The van der Waals surface area contributed by atoms with Crippen LogP contribution in [0.4, 0.5) is 0 Å². The van der Waals surface area contributed by atoms with Gasteiger partial charge in [-0.15, -0.1) is 0 Å². The number of pyridine rings is 1. The van der Waals surface area contributed by atoms with Gasteiger partial charge in [-0.2, -0.15) is 5.10 Å². The van der Waals surface area contributed by atoms with Gasteiger partial charge in [-0.1, -0.05) is 35.3 Å². The Morgan fingerprint density at radius 3 is 2.80 bits per heavy atom. The molecule has 0 atom stereocenters. The number of benzene rings is 1. The van der Waals surface area contributed by atoms with Crippen molar-refractivity contribution in [2.24, 2.45) is 0 Å². The minimum absolute atomic E-state index is 0.140. The van der Waals surface area contributed by atoms with Crippen LogP contribution < -0.4 is 10.9 Å². The molecule has 0 aliphatic heterocycles. The number of aromatic nitrogens is 5. The summed E-state index contributed by atoms with van der Waals surface area (Å²) in [6.45, 7) is 0.988. The van der Waals surface area contributed by atoms with Gasteiger partial charge in [-0.3, -0.25) is 14.2 Å². The quantitative estimate of drug-likeness (QED) is 0.463. The lowest BCUT2D eigenvalue weighted by Gasteiger charge is -2.08. The summed E-state index contributed by atoms with van der Waals surface area (Å²) in [5, 5.41) is 8.15. The Hall–Kier alpha value is -3.23. The zero-order valence-electron chi connectivity index (χ0n) is 15.6. The van der Waals surface area contributed by atoms with Crippen LogP contribution in [0.5, 0.6) is 0 Å². The van der Waals surface area contributed by atoms with Crippen molar-refractivity contribution in [3.63, 3.8) is 0 Å². The molecular weight excluding hydrogens is 427 g/mol. The first-order chi connectivity index (χ1) is 14.5. The van der Waals surface area contributed by atoms with Crippen molar-refractivity contribution in [2.45, 2.75) is 13.1 Å². The van der Waals surface area contributed by atoms with E-state index < -0.39 is 0 Å². The summed E-state index contributed by atoms with van der Waals surface area (Å²) in [6.07, 6.45) is 4.48. The van der Waals surface area contributed by atoms with E-state index in [0.29, 0.717) is 34.7 Å². The molecule has 0 unspecified atom stereocenters. The average molecular weight is 443 g/mol. The molecule has 0 saturated carbocycles. The molecule has 4 aromatic rings. The first-order valence-electron chi connectivity index (χ1n) is 9.07.